The molecule has 0 aliphatic heterocycles. The van der Waals surface area contributed by atoms with Gasteiger partial charge in [0, 0.05) is 35.4 Å². The number of anilines is 1. The number of amides is 1. The molecule has 2 N–H and O–H groups in total. The SMILES string of the molecule is Cc1ccc(S(=O)(=O)n2cc(-c3nc(N[C@@H]4CCC[C@H](NC(=O)c5ccccn5)C4)c(F)cc3C#N)c3cc(C)cc(F)c32)cc1. The molecular weight excluding hydrogens is 610 g/mol. The van der Waals surface area contributed by atoms with Gasteiger partial charge in [0.2, 0.25) is 0 Å². The van der Waals surface area contributed by atoms with Crippen molar-refractivity contribution < 1.29 is 22.0 Å². The van der Waals surface area contributed by atoms with Gasteiger partial charge in [-0.15, -0.1) is 0 Å². The van der Waals surface area contributed by atoms with Crippen molar-refractivity contribution in [1.82, 2.24) is 19.3 Å². The van der Waals surface area contributed by atoms with Crippen LogP contribution in [0.2, 0.25) is 0 Å². The van der Waals surface area contributed by atoms with E-state index in [0.717, 1.165) is 28.4 Å². The van der Waals surface area contributed by atoms with Crippen molar-refractivity contribution in [2.75, 3.05) is 5.32 Å². The predicted molar refractivity (Wildman–Crippen MR) is 170 cm³/mol. The molecule has 1 aliphatic rings. The van der Waals surface area contributed by atoms with Crippen LogP contribution in [0.1, 0.15) is 52.9 Å². The quantitative estimate of drug-likeness (QED) is 0.215. The van der Waals surface area contributed by atoms with Crippen LogP contribution in [0.3, 0.4) is 0 Å². The second-order valence-electron chi connectivity index (χ2n) is 11.5. The molecule has 46 heavy (non-hydrogen) atoms. The summed E-state index contributed by atoms with van der Waals surface area (Å²) in [4.78, 5) is 21.2. The number of pyridine rings is 2. The van der Waals surface area contributed by atoms with E-state index in [2.05, 4.69) is 20.6 Å². The molecule has 0 unspecified atom stereocenters. The zero-order valence-corrected chi connectivity index (χ0v) is 25.9. The Morgan fingerprint density at radius 2 is 1.76 bits per heavy atom. The average Bonchev–Trinajstić information content (AvgIpc) is 3.43. The Bertz CT molecular complexity index is 2110. The first-order chi connectivity index (χ1) is 22.0. The maximum Gasteiger partial charge on any atom is 0.270 e. The molecule has 234 valence electrons. The molecule has 3 heterocycles. The van der Waals surface area contributed by atoms with Crippen LogP contribution < -0.4 is 10.6 Å². The van der Waals surface area contributed by atoms with E-state index in [1.54, 1.807) is 49.5 Å². The van der Waals surface area contributed by atoms with Gasteiger partial charge in [-0.3, -0.25) is 9.78 Å². The molecule has 0 radical (unpaired) electrons. The molecule has 1 amide bonds. The number of nitrogens with one attached hydrogen (secondary N) is 2. The molecule has 12 heteroatoms. The fourth-order valence-corrected chi connectivity index (χ4v) is 7.28. The number of hydrogen-bond donors (Lipinski definition) is 2. The monoisotopic (exact) mass is 640 g/mol. The number of carbonyl (C=O) groups is 1. The maximum atomic E-state index is 15.5. The average molecular weight is 641 g/mol. The minimum absolute atomic E-state index is 0.00932. The molecule has 2 atom stereocenters. The van der Waals surface area contributed by atoms with Gasteiger partial charge in [-0.05, 0) is 87.6 Å². The number of fused-ring (bicyclic) bond motifs is 1. The first-order valence-electron chi connectivity index (χ1n) is 14.8. The Kier molecular flexibility index (Phi) is 8.27. The number of halogens is 2. The molecule has 1 saturated carbocycles. The van der Waals surface area contributed by atoms with E-state index < -0.39 is 21.7 Å². The Labute approximate surface area is 265 Å². The molecule has 1 fully saturated rings. The molecule has 0 saturated heterocycles. The number of benzene rings is 2. The van der Waals surface area contributed by atoms with Crippen molar-refractivity contribution >= 4 is 32.7 Å². The third-order valence-electron chi connectivity index (χ3n) is 8.14. The highest BCUT2D eigenvalue weighted by Gasteiger charge is 2.28. The first-order valence-corrected chi connectivity index (χ1v) is 16.2. The lowest BCUT2D eigenvalue weighted by molar-refractivity contribution is 0.0921. The number of hydrogen-bond acceptors (Lipinski definition) is 7. The normalized spacial score (nSPS) is 16.6. The van der Waals surface area contributed by atoms with Gasteiger partial charge >= 0.3 is 0 Å². The van der Waals surface area contributed by atoms with Crippen molar-refractivity contribution in [3.05, 3.63) is 107 Å². The van der Waals surface area contributed by atoms with Gasteiger partial charge in [0.15, 0.2) is 11.6 Å². The minimum Gasteiger partial charge on any atom is -0.365 e. The van der Waals surface area contributed by atoms with Gasteiger partial charge in [-0.1, -0.05) is 23.8 Å². The van der Waals surface area contributed by atoms with E-state index in [4.69, 9.17) is 0 Å². The predicted octanol–water partition coefficient (Wildman–Crippen LogP) is 6.26. The fourth-order valence-electron chi connectivity index (χ4n) is 5.90. The largest absolute Gasteiger partial charge is 0.365 e. The van der Waals surface area contributed by atoms with Crippen LogP contribution >= 0.6 is 0 Å². The number of nitriles is 1. The van der Waals surface area contributed by atoms with Gasteiger partial charge in [0.1, 0.15) is 23.1 Å². The number of carbonyl (C=O) groups excluding carboxylic acids is 1. The Morgan fingerprint density at radius 3 is 2.48 bits per heavy atom. The van der Waals surface area contributed by atoms with Crippen LogP contribution in [0.25, 0.3) is 22.2 Å². The number of aryl methyl sites for hydroxylation is 2. The number of rotatable bonds is 7. The Morgan fingerprint density at radius 1 is 1.00 bits per heavy atom. The molecule has 9 nitrogen and oxygen atoms in total. The van der Waals surface area contributed by atoms with Crippen LogP contribution in [-0.2, 0) is 10.0 Å². The maximum absolute atomic E-state index is 15.5. The first kappa shape index (κ1) is 30.9. The van der Waals surface area contributed by atoms with Crippen LogP contribution in [0.5, 0.6) is 0 Å². The molecule has 0 bridgehead atoms. The summed E-state index contributed by atoms with van der Waals surface area (Å²) in [5.74, 6) is -1.96. The van der Waals surface area contributed by atoms with Crippen molar-refractivity contribution in [2.24, 2.45) is 0 Å². The number of aromatic nitrogens is 3. The van der Waals surface area contributed by atoms with Gasteiger partial charge < -0.3 is 10.6 Å². The van der Waals surface area contributed by atoms with Gasteiger partial charge in [-0.25, -0.2) is 26.2 Å². The van der Waals surface area contributed by atoms with E-state index in [9.17, 15) is 18.5 Å². The van der Waals surface area contributed by atoms with Gasteiger partial charge in [-0.2, -0.15) is 5.26 Å². The second kappa shape index (κ2) is 12.3. The molecule has 3 aromatic heterocycles. The summed E-state index contributed by atoms with van der Waals surface area (Å²) in [6.45, 7) is 3.49. The Hall–Kier alpha value is -5.15. The van der Waals surface area contributed by atoms with Crippen LogP contribution in [0.15, 0.2) is 78.0 Å². The summed E-state index contributed by atoms with van der Waals surface area (Å²) in [6.07, 6.45) is 5.46. The molecular formula is C34H30F2N6O3S. The van der Waals surface area contributed by atoms with Crippen molar-refractivity contribution in [3.63, 3.8) is 0 Å². The van der Waals surface area contributed by atoms with E-state index in [1.165, 1.54) is 24.4 Å². The lowest BCUT2D eigenvalue weighted by Gasteiger charge is -2.30. The minimum atomic E-state index is -4.26. The van der Waals surface area contributed by atoms with Crippen LogP contribution in [-0.4, -0.2) is 40.3 Å². The molecule has 0 spiro atoms. The number of nitrogens with zero attached hydrogens (tertiary/aromatic N) is 4. The van der Waals surface area contributed by atoms with E-state index in [-0.39, 0.29) is 56.4 Å². The topological polar surface area (TPSA) is 130 Å². The highest BCUT2D eigenvalue weighted by atomic mass is 32.2. The summed E-state index contributed by atoms with van der Waals surface area (Å²) in [6, 6.07) is 16.7. The van der Waals surface area contributed by atoms with E-state index in [0.29, 0.717) is 24.1 Å². The van der Waals surface area contributed by atoms with Crippen molar-refractivity contribution in [3.8, 4) is 17.3 Å². The van der Waals surface area contributed by atoms with Crippen molar-refractivity contribution in [2.45, 2.75) is 56.5 Å². The van der Waals surface area contributed by atoms with Crippen LogP contribution in [0.4, 0.5) is 14.6 Å². The molecule has 6 rings (SSSR count). The van der Waals surface area contributed by atoms with Gasteiger partial charge in [0.05, 0.1) is 16.2 Å². The third kappa shape index (κ3) is 5.93. The lowest BCUT2D eigenvalue weighted by Crippen LogP contribution is -2.42. The molecule has 2 aromatic carbocycles. The zero-order chi connectivity index (χ0) is 32.6. The summed E-state index contributed by atoms with van der Waals surface area (Å²) >= 11 is 0. The highest BCUT2D eigenvalue weighted by molar-refractivity contribution is 7.90. The van der Waals surface area contributed by atoms with E-state index in [1.807, 2.05) is 13.0 Å². The Balaban J connectivity index is 1.37. The lowest BCUT2D eigenvalue weighted by atomic mass is 9.90. The van der Waals surface area contributed by atoms with Crippen LogP contribution in [0, 0.1) is 36.8 Å². The fraction of sp³-hybridized carbons (Fsp3) is 0.235. The zero-order valence-electron chi connectivity index (χ0n) is 25.1. The molecule has 5 aromatic rings. The standard InChI is InChI=1S/C34H30F2N6O3S/c1-20-9-11-25(12-10-20)46(44,45)42-19-27(26-14-21(2)15-28(35)32(26)42)31-22(18-37)16-29(36)33(41-31)39-23-6-5-7-24(17-23)40-34(43)30-8-3-4-13-38-30/h3-4,8-16,19,23-24H,5-7,17H2,1-2H3,(H,39,41)(H,40,43)/t23-,24+/m1/s1. The summed E-state index contributed by atoms with van der Waals surface area (Å²) in [5, 5.41) is 16.3. The third-order valence-corrected chi connectivity index (χ3v) is 9.82. The van der Waals surface area contributed by atoms with Gasteiger partial charge in [0.25, 0.3) is 15.9 Å². The smallest absolute Gasteiger partial charge is 0.270 e. The highest BCUT2D eigenvalue weighted by Crippen LogP contribution is 2.37. The van der Waals surface area contributed by atoms with Crippen molar-refractivity contribution in [1.29, 1.82) is 5.26 Å². The second-order valence-corrected chi connectivity index (χ2v) is 13.3. The molecule has 1 aliphatic carbocycles. The van der Waals surface area contributed by atoms with E-state index >= 15 is 8.78 Å². The summed E-state index contributed by atoms with van der Waals surface area (Å²) in [7, 11) is -4.26. The summed E-state index contributed by atoms with van der Waals surface area (Å²) in [5.41, 5.74) is 1.51. The summed E-state index contributed by atoms with van der Waals surface area (Å²) < 4.78 is 59.3.